The highest BCUT2D eigenvalue weighted by Crippen LogP contribution is 2.65. The Labute approximate surface area is 179 Å². The van der Waals surface area contributed by atoms with Gasteiger partial charge >= 0.3 is 5.97 Å². The molecule has 160 valence electrons. The molecule has 0 amide bonds. The first-order valence-electron chi connectivity index (χ1n) is 10.5. The lowest BCUT2D eigenvalue weighted by Gasteiger charge is -2.61. The average molecular weight is 432 g/mol. The van der Waals surface area contributed by atoms with Crippen LogP contribution in [0.1, 0.15) is 56.3 Å². The van der Waals surface area contributed by atoms with Crippen LogP contribution in [0, 0.1) is 31.1 Å². The number of anilines is 2. The molecule has 30 heavy (non-hydrogen) atoms. The summed E-state index contributed by atoms with van der Waals surface area (Å²) < 4.78 is 1.57. The predicted octanol–water partition coefficient (Wildman–Crippen LogP) is 3.75. The van der Waals surface area contributed by atoms with Crippen LogP contribution < -0.4 is 10.9 Å². The molecule has 3 N–H and O–H groups in total. The maximum atomic E-state index is 13.3. The van der Waals surface area contributed by atoms with Crippen molar-refractivity contribution < 1.29 is 9.90 Å². The van der Waals surface area contributed by atoms with Crippen molar-refractivity contribution in [2.45, 2.75) is 64.3 Å². The molecular formula is C21H26ClN5O3. The predicted molar refractivity (Wildman–Crippen MR) is 112 cm³/mol. The molecule has 4 aliphatic rings. The number of hydrogen-bond donors (Lipinski definition) is 3. The van der Waals surface area contributed by atoms with Crippen molar-refractivity contribution in [1.29, 1.82) is 0 Å². The zero-order valence-corrected chi connectivity index (χ0v) is 17.9. The number of aromatic nitrogens is 4. The Balaban J connectivity index is 1.52. The number of aromatic amines is 1. The van der Waals surface area contributed by atoms with Crippen molar-refractivity contribution in [3.05, 3.63) is 33.0 Å². The van der Waals surface area contributed by atoms with Crippen LogP contribution >= 0.6 is 11.6 Å². The van der Waals surface area contributed by atoms with E-state index in [1.807, 2.05) is 13.8 Å². The van der Waals surface area contributed by atoms with Crippen LogP contribution in [0.15, 0.2) is 11.0 Å². The van der Waals surface area contributed by atoms with Gasteiger partial charge in [-0.05, 0) is 69.6 Å². The minimum absolute atomic E-state index is 0.105. The van der Waals surface area contributed by atoms with Crippen molar-refractivity contribution >= 4 is 28.9 Å². The second kappa shape index (κ2) is 6.57. The third-order valence-electron chi connectivity index (χ3n) is 7.43. The van der Waals surface area contributed by atoms with Crippen LogP contribution in [-0.2, 0) is 10.3 Å². The molecule has 0 aromatic carbocycles. The summed E-state index contributed by atoms with van der Waals surface area (Å²) in [6.07, 6.45) is 7.24. The summed E-state index contributed by atoms with van der Waals surface area (Å²) >= 11 is 6.52. The van der Waals surface area contributed by atoms with Gasteiger partial charge < -0.3 is 10.4 Å². The van der Waals surface area contributed by atoms with E-state index in [-0.39, 0.29) is 22.4 Å². The normalized spacial score (nSPS) is 31.8. The number of hydrogen-bond acceptors (Lipinski definition) is 5. The molecule has 4 fully saturated rings. The molecule has 6 rings (SSSR count). The molecule has 9 heteroatoms. The second-order valence-corrected chi connectivity index (χ2v) is 10.2. The molecule has 0 unspecified atom stereocenters. The molecule has 4 aliphatic carbocycles. The lowest BCUT2D eigenvalue weighted by molar-refractivity contribution is -0.151. The van der Waals surface area contributed by atoms with Crippen molar-refractivity contribution in [2.75, 3.05) is 5.32 Å². The number of carboxylic acids is 1. The molecule has 2 atom stereocenters. The fraction of sp³-hybridized carbons (Fsp3) is 0.619. The van der Waals surface area contributed by atoms with Gasteiger partial charge in [0.15, 0.2) is 0 Å². The Hall–Kier alpha value is -2.35. The SMILES string of the molecule is Cc1n[nH]c(C)c1Nc1cnn(C23C[C@H]4C[C@@H](CC(CC(=O)O)(C4)C2)C3)c(=O)c1Cl. The maximum absolute atomic E-state index is 13.3. The Bertz CT molecular complexity index is 1060. The van der Waals surface area contributed by atoms with Gasteiger partial charge in [0.05, 0.1) is 40.9 Å². The van der Waals surface area contributed by atoms with Gasteiger partial charge in [-0.15, -0.1) is 0 Å². The minimum atomic E-state index is -0.754. The smallest absolute Gasteiger partial charge is 0.303 e. The molecule has 4 bridgehead atoms. The molecule has 0 spiro atoms. The average Bonchev–Trinajstić information content (AvgIpc) is 2.95. The van der Waals surface area contributed by atoms with E-state index >= 15 is 0 Å². The molecule has 4 saturated carbocycles. The molecular weight excluding hydrogens is 406 g/mol. The summed E-state index contributed by atoms with van der Waals surface area (Å²) in [6.45, 7) is 3.76. The summed E-state index contributed by atoms with van der Waals surface area (Å²) in [6, 6.07) is 0. The number of halogens is 1. The van der Waals surface area contributed by atoms with Gasteiger partial charge in [0.1, 0.15) is 5.02 Å². The van der Waals surface area contributed by atoms with E-state index in [0.29, 0.717) is 23.9 Å². The monoisotopic (exact) mass is 431 g/mol. The molecule has 0 radical (unpaired) electrons. The highest BCUT2D eigenvalue weighted by Gasteiger charge is 2.59. The second-order valence-electron chi connectivity index (χ2n) is 9.78. The zero-order chi connectivity index (χ0) is 21.3. The van der Waals surface area contributed by atoms with E-state index < -0.39 is 11.5 Å². The number of aliphatic carboxylic acids is 1. The Morgan fingerprint density at radius 1 is 1.33 bits per heavy atom. The Morgan fingerprint density at radius 3 is 2.63 bits per heavy atom. The third-order valence-corrected chi connectivity index (χ3v) is 7.80. The van der Waals surface area contributed by atoms with Gasteiger partial charge in [-0.2, -0.15) is 10.2 Å². The van der Waals surface area contributed by atoms with Crippen molar-refractivity contribution in [1.82, 2.24) is 20.0 Å². The summed E-state index contributed by atoms with van der Waals surface area (Å²) in [5, 5.41) is 24.4. The first kappa shape index (κ1) is 19.6. The van der Waals surface area contributed by atoms with Crippen molar-refractivity contribution in [2.24, 2.45) is 17.3 Å². The molecule has 0 saturated heterocycles. The van der Waals surface area contributed by atoms with E-state index in [4.69, 9.17) is 11.6 Å². The zero-order valence-electron chi connectivity index (χ0n) is 17.2. The van der Waals surface area contributed by atoms with Crippen LogP contribution in [0.3, 0.4) is 0 Å². The number of aryl methyl sites for hydroxylation is 2. The number of nitrogens with one attached hydrogen (secondary N) is 2. The third kappa shape index (κ3) is 2.95. The van der Waals surface area contributed by atoms with Gasteiger partial charge in [0.2, 0.25) is 0 Å². The molecule has 2 aromatic heterocycles. The lowest BCUT2D eigenvalue weighted by atomic mass is 9.46. The van der Waals surface area contributed by atoms with Crippen molar-refractivity contribution in [3.63, 3.8) is 0 Å². The Kier molecular flexibility index (Phi) is 4.29. The fourth-order valence-corrected chi connectivity index (χ4v) is 7.08. The lowest BCUT2D eigenvalue weighted by Crippen LogP contribution is -2.59. The first-order chi connectivity index (χ1) is 14.2. The van der Waals surface area contributed by atoms with Crippen LogP contribution in [0.2, 0.25) is 5.02 Å². The highest BCUT2D eigenvalue weighted by atomic mass is 35.5. The summed E-state index contributed by atoms with van der Waals surface area (Å²) in [5.41, 5.74) is 1.90. The van der Waals surface area contributed by atoms with Gasteiger partial charge in [-0.25, -0.2) is 4.68 Å². The van der Waals surface area contributed by atoms with Crippen LogP contribution in [0.5, 0.6) is 0 Å². The number of carboxylic acid groups (broad SMARTS) is 1. The molecule has 0 aliphatic heterocycles. The first-order valence-corrected chi connectivity index (χ1v) is 10.9. The topological polar surface area (TPSA) is 113 Å². The quantitative estimate of drug-likeness (QED) is 0.664. The van der Waals surface area contributed by atoms with Crippen LogP contribution in [0.25, 0.3) is 0 Å². The number of rotatable bonds is 5. The van der Waals surface area contributed by atoms with Crippen molar-refractivity contribution in [3.8, 4) is 0 Å². The molecule has 2 aromatic rings. The van der Waals surface area contributed by atoms with E-state index in [2.05, 4.69) is 20.6 Å². The largest absolute Gasteiger partial charge is 0.481 e. The standard InChI is InChI=1S/C21H26ClN5O3/c1-11-18(12(2)26-25-11)24-15-9-23-27(19(30)17(15)22)21-6-13-3-14(7-21)5-20(4-13,10-21)8-16(28)29/h9,13-14,24H,3-8,10H2,1-2H3,(H,25,26)(H,28,29)/t13-,14-,20?,21?/m0/s1. The summed E-state index contributed by atoms with van der Waals surface area (Å²) in [7, 11) is 0. The van der Waals surface area contributed by atoms with Crippen LogP contribution in [0.4, 0.5) is 11.4 Å². The van der Waals surface area contributed by atoms with Gasteiger partial charge in [-0.3, -0.25) is 14.7 Å². The van der Waals surface area contributed by atoms with E-state index in [0.717, 1.165) is 49.2 Å². The van der Waals surface area contributed by atoms with E-state index in [9.17, 15) is 14.7 Å². The van der Waals surface area contributed by atoms with Gasteiger partial charge in [0.25, 0.3) is 5.56 Å². The van der Waals surface area contributed by atoms with E-state index in [1.165, 1.54) is 0 Å². The Morgan fingerprint density at radius 2 is 2.03 bits per heavy atom. The summed E-state index contributed by atoms with van der Waals surface area (Å²) in [5.74, 6) is 0.148. The number of H-pyrrole nitrogens is 1. The van der Waals surface area contributed by atoms with Gasteiger partial charge in [-0.1, -0.05) is 11.6 Å². The highest BCUT2D eigenvalue weighted by molar-refractivity contribution is 6.33. The number of carbonyl (C=O) groups is 1. The number of nitrogens with zero attached hydrogens (tertiary/aromatic N) is 3. The fourth-order valence-electron chi connectivity index (χ4n) is 6.90. The maximum Gasteiger partial charge on any atom is 0.303 e. The van der Waals surface area contributed by atoms with Crippen LogP contribution in [-0.4, -0.2) is 31.1 Å². The minimum Gasteiger partial charge on any atom is -0.481 e. The van der Waals surface area contributed by atoms with Gasteiger partial charge in [0, 0.05) is 0 Å². The summed E-state index contributed by atoms with van der Waals surface area (Å²) in [4.78, 5) is 24.9. The van der Waals surface area contributed by atoms with E-state index in [1.54, 1.807) is 10.9 Å². The molecule has 2 heterocycles. The molecule has 8 nitrogen and oxygen atoms in total.